The van der Waals surface area contributed by atoms with Gasteiger partial charge in [-0.2, -0.15) is 22.5 Å². The molecule has 0 saturated carbocycles. The van der Waals surface area contributed by atoms with E-state index >= 15 is 0 Å². The van der Waals surface area contributed by atoms with Crippen LogP contribution in [0.3, 0.4) is 0 Å². The van der Waals surface area contributed by atoms with Crippen LogP contribution in [0.5, 0.6) is 0 Å². The minimum atomic E-state index is -3.45. The highest BCUT2D eigenvalue weighted by molar-refractivity contribution is 7.87. The van der Waals surface area contributed by atoms with Crippen molar-refractivity contribution in [3.8, 4) is 0 Å². The molecule has 0 aromatic carbocycles. The number of piperidine rings is 1. The zero-order valence-corrected chi connectivity index (χ0v) is 12.9. The molecule has 20 heavy (non-hydrogen) atoms. The number of aryl methyl sites for hydroxylation is 1. The molecule has 1 aromatic rings. The van der Waals surface area contributed by atoms with Crippen molar-refractivity contribution in [2.45, 2.75) is 31.8 Å². The zero-order valence-electron chi connectivity index (χ0n) is 12.0. The number of nitrogens with zero attached hydrogens (tertiary/aromatic N) is 3. The summed E-state index contributed by atoms with van der Waals surface area (Å²) in [6.45, 7) is 1.50. The molecule has 1 atom stereocenters. The molecule has 2 N–H and O–H groups in total. The van der Waals surface area contributed by atoms with Crippen LogP contribution >= 0.6 is 0 Å². The summed E-state index contributed by atoms with van der Waals surface area (Å²) < 4.78 is 30.7. The normalized spacial score (nSPS) is 21.2. The molecule has 0 bridgehead atoms. The van der Waals surface area contributed by atoms with Crippen molar-refractivity contribution >= 4 is 10.2 Å². The van der Waals surface area contributed by atoms with Gasteiger partial charge in [0.25, 0.3) is 10.2 Å². The molecular weight excluding hydrogens is 278 g/mol. The first-order valence-electron chi connectivity index (χ1n) is 6.92. The van der Waals surface area contributed by atoms with Gasteiger partial charge in [0.2, 0.25) is 0 Å². The lowest BCUT2D eigenvalue weighted by Gasteiger charge is -2.34. The minimum Gasteiger partial charge on any atom is -0.318 e. The molecule has 0 amide bonds. The molecule has 1 aliphatic heterocycles. The molecule has 1 aromatic heterocycles. The van der Waals surface area contributed by atoms with Crippen LogP contribution in [-0.4, -0.2) is 48.7 Å². The maximum Gasteiger partial charge on any atom is 0.280 e. The molecule has 1 aliphatic rings. The van der Waals surface area contributed by atoms with E-state index in [1.165, 1.54) is 0 Å². The maximum atomic E-state index is 12.4. The van der Waals surface area contributed by atoms with E-state index in [4.69, 9.17) is 0 Å². The van der Waals surface area contributed by atoms with Gasteiger partial charge in [0.05, 0.1) is 12.2 Å². The van der Waals surface area contributed by atoms with Crippen LogP contribution < -0.4 is 10.0 Å². The third-order valence-corrected chi connectivity index (χ3v) is 5.13. The molecular formula is C12H23N5O2S. The van der Waals surface area contributed by atoms with Gasteiger partial charge in [-0.3, -0.25) is 4.68 Å². The van der Waals surface area contributed by atoms with Crippen LogP contribution in [0.2, 0.25) is 0 Å². The second-order valence-corrected chi connectivity index (χ2v) is 6.83. The molecule has 114 valence electrons. The van der Waals surface area contributed by atoms with Crippen LogP contribution in [0, 0.1) is 0 Å². The summed E-state index contributed by atoms with van der Waals surface area (Å²) in [6.07, 6.45) is 4.71. The van der Waals surface area contributed by atoms with Crippen molar-refractivity contribution in [3.63, 3.8) is 0 Å². The van der Waals surface area contributed by atoms with E-state index in [9.17, 15) is 8.42 Å². The molecule has 0 radical (unpaired) electrons. The Balaban J connectivity index is 2.00. The lowest BCUT2D eigenvalue weighted by Crippen LogP contribution is -2.51. The topological polar surface area (TPSA) is 79.3 Å². The summed E-state index contributed by atoms with van der Waals surface area (Å²) in [5, 5.41) is 7.24. The standard InChI is InChI=1S/C12H23N5O2S/c1-13-10-12-5-3-4-7-17(12)20(18,19)14-9-11-6-8-16(2)15-11/h6,8,12-14H,3-5,7,9-10H2,1-2H3. The van der Waals surface area contributed by atoms with Gasteiger partial charge >= 0.3 is 0 Å². The largest absolute Gasteiger partial charge is 0.318 e. The van der Waals surface area contributed by atoms with Crippen LogP contribution in [-0.2, 0) is 23.8 Å². The summed E-state index contributed by atoms with van der Waals surface area (Å²) in [4.78, 5) is 0. The Morgan fingerprint density at radius 3 is 2.90 bits per heavy atom. The SMILES string of the molecule is CNCC1CCCCN1S(=O)(=O)NCc1ccn(C)n1. The maximum absolute atomic E-state index is 12.4. The molecule has 2 rings (SSSR count). The van der Waals surface area contributed by atoms with E-state index in [0.717, 1.165) is 25.0 Å². The first-order valence-corrected chi connectivity index (χ1v) is 8.36. The van der Waals surface area contributed by atoms with Crippen LogP contribution in [0.4, 0.5) is 0 Å². The molecule has 2 heterocycles. The average Bonchev–Trinajstić information content (AvgIpc) is 2.83. The van der Waals surface area contributed by atoms with Gasteiger partial charge in [-0.15, -0.1) is 0 Å². The van der Waals surface area contributed by atoms with Crippen molar-refractivity contribution in [1.82, 2.24) is 24.1 Å². The number of hydrogen-bond donors (Lipinski definition) is 2. The first kappa shape index (κ1) is 15.4. The van der Waals surface area contributed by atoms with E-state index in [1.54, 1.807) is 15.2 Å². The second kappa shape index (κ2) is 6.66. The number of rotatable bonds is 6. The minimum absolute atomic E-state index is 0.0370. The monoisotopic (exact) mass is 301 g/mol. The van der Waals surface area contributed by atoms with Crippen LogP contribution in [0.15, 0.2) is 12.3 Å². The fourth-order valence-electron chi connectivity index (χ4n) is 2.54. The van der Waals surface area contributed by atoms with Crippen molar-refractivity contribution in [3.05, 3.63) is 18.0 Å². The third kappa shape index (κ3) is 3.78. The number of hydrogen-bond acceptors (Lipinski definition) is 4. The molecule has 1 saturated heterocycles. The number of nitrogens with one attached hydrogen (secondary N) is 2. The quantitative estimate of drug-likeness (QED) is 0.764. The highest BCUT2D eigenvalue weighted by atomic mass is 32.2. The lowest BCUT2D eigenvalue weighted by atomic mass is 10.1. The average molecular weight is 301 g/mol. The Morgan fingerprint density at radius 2 is 2.25 bits per heavy atom. The molecule has 0 aliphatic carbocycles. The highest BCUT2D eigenvalue weighted by Crippen LogP contribution is 2.19. The summed E-state index contributed by atoms with van der Waals surface area (Å²) in [5.74, 6) is 0. The second-order valence-electron chi connectivity index (χ2n) is 5.12. The summed E-state index contributed by atoms with van der Waals surface area (Å²) in [7, 11) is 0.209. The van der Waals surface area contributed by atoms with Gasteiger partial charge in [0.1, 0.15) is 0 Å². The predicted octanol–water partition coefficient (Wildman–Crippen LogP) is -0.172. The van der Waals surface area contributed by atoms with Crippen molar-refractivity contribution in [2.75, 3.05) is 20.1 Å². The van der Waals surface area contributed by atoms with Gasteiger partial charge in [-0.25, -0.2) is 0 Å². The lowest BCUT2D eigenvalue weighted by molar-refractivity contribution is 0.246. The molecule has 1 fully saturated rings. The number of aromatic nitrogens is 2. The fourth-order valence-corrected chi connectivity index (χ4v) is 3.97. The Labute approximate surface area is 120 Å². The van der Waals surface area contributed by atoms with Crippen molar-refractivity contribution < 1.29 is 8.42 Å². The fraction of sp³-hybridized carbons (Fsp3) is 0.750. The van der Waals surface area contributed by atoms with Crippen LogP contribution in [0.25, 0.3) is 0 Å². The van der Waals surface area contributed by atoms with E-state index < -0.39 is 10.2 Å². The Morgan fingerprint density at radius 1 is 1.45 bits per heavy atom. The van der Waals surface area contributed by atoms with E-state index in [-0.39, 0.29) is 12.6 Å². The number of likely N-dealkylation sites (N-methyl/N-ethyl adjacent to an activating group) is 1. The molecule has 0 spiro atoms. The first-order chi connectivity index (χ1) is 9.53. The van der Waals surface area contributed by atoms with E-state index in [2.05, 4.69) is 15.1 Å². The summed E-state index contributed by atoms with van der Waals surface area (Å²) in [6, 6.07) is 1.85. The highest BCUT2D eigenvalue weighted by Gasteiger charge is 2.31. The predicted molar refractivity (Wildman–Crippen MR) is 77.2 cm³/mol. The third-order valence-electron chi connectivity index (χ3n) is 3.53. The Bertz CT molecular complexity index is 526. The smallest absolute Gasteiger partial charge is 0.280 e. The van der Waals surface area contributed by atoms with Gasteiger partial charge < -0.3 is 5.32 Å². The van der Waals surface area contributed by atoms with Gasteiger partial charge in [-0.05, 0) is 26.0 Å². The van der Waals surface area contributed by atoms with Crippen molar-refractivity contribution in [2.24, 2.45) is 7.05 Å². The van der Waals surface area contributed by atoms with E-state index in [0.29, 0.717) is 13.1 Å². The van der Waals surface area contributed by atoms with Gasteiger partial charge in [0, 0.05) is 32.4 Å². The van der Waals surface area contributed by atoms with Gasteiger partial charge in [-0.1, -0.05) is 6.42 Å². The summed E-state index contributed by atoms with van der Waals surface area (Å²) in [5.41, 5.74) is 0.721. The van der Waals surface area contributed by atoms with Gasteiger partial charge in [0.15, 0.2) is 0 Å². The molecule has 1 unspecified atom stereocenters. The zero-order chi connectivity index (χ0) is 14.6. The molecule has 7 nitrogen and oxygen atoms in total. The Kier molecular flexibility index (Phi) is 5.14. The van der Waals surface area contributed by atoms with Crippen molar-refractivity contribution in [1.29, 1.82) is 0 Å². The van der Waals surface area contributed by atoms with E-state index in [1.807, 2.05) is 20.2 Å². The Hall–Kier alpha value is -0.960. The molecule has 8 heteroatoms. The summed E-state index contributed by atoms with van der Waals surface area (Å²) >= 11 is 0. The van der Waals surface area contributed by atoms with Crippen LogP contribution in [0.1, 0.15) is 25.0 Å².